The fourth-order valence-electron chi connectivity index (χ4n) is 6.09. The van der Waals surface area contributed by atoms with Crippen molar-refractivity contribution in [1.29, 1.82) is 0 Å². The SMILES string of the molecule is CCCCCNc1nc(N)nc2ccn(Cc3ccc(CNCC4CCC5CNCC45)cc3OC)c12. The zero-order valence-corrected chi connectivity index (χ0v) is 21.7. The Hall–Kier alpha value is -2.84. The predicted molar refractivity (Wildman–Crippen MR) is 146 cm³/mol. The number of benzene rings is 1. The molecule has 194 valence electrons. The highest BCUT2D eigenvalue weighted by molar-refractivity contribution is 5.87. The maximum atomic E-state index is 5.98. The van der Waals surface area contributed by atoms with Gasteiger partial charge in [0, 0.05) is 24.8 Å². The van der Waals surface area contributed by atoms with Crippen LogP contribution in [0.3, 0.4) is 0 Å². The molecule has 36 heavy (non-hydrogen) atoms. The molecule has 3 atom stereocenters. The highest BCUT2D eigenvalue weighted by Gasteiger charge is 2.38. The van der Waals surface area contributed by atoms with Crippen molar-refractivity contribution >= 4 is 22.8 Å². The Kier molecular flexibility index (Phi) is 7.92. The van der Waals surface area contributed by atoms with Gasteiger partial charge in [-0.05, 0) is 74.3 Å². The van der Waals surface area contributed by atoms with E-state index in [1.165, 1.54) is 44.3 Å². The van der Waals surface area contributed by atoms with Gasteiger partial charge in [0.25, 0.3) is 0 Å². The van der Waals surface area contributed by atoms with Crippen LogP contribution in [0.1, 0.15) is 50.2 Å². The van der Waals surface area contributed by atoms with Crippen molar-refractivity contribution in [3.05, 3.63) is 41.6 Å². The van der Waals surface area contributed by atoms with E-state index in [2.05, 4.69) is 61.8 Å². The van der Waals surface area contributed by atoms with E-state index in [-0.39, 0.29) is 0 Å². The molecule has 1 aliphatic carbocycles. The second kappa shape index (κ2) is 11.5. The third-order valence-corrected chi connectivity index (χ3v) is 8.03. The monoisotopic (exact) mass is 491 g/mol. The molecule has 8 nitrogen and oxygen atoms in total. The zero-order chi connectivity index (χ0) is 24.9. The molecule has 3 unspecified atom stereocenters. The van der Waals surface area contributed by atoms with Crippen LogP contribution in [0.2, 0.25) is 0 Å². The Morgan fingerprint density at radius 2 is 2.08 bits per heavy atom. The lowest BCUT2D eigenvalue weighted by Gasteiger charge is -2.19. The summed E-state index contributed by atoms with van der Waals surface area (Å²) in [7, 11) is 1.75. The lowest BCUT2D eigenvalue weighted by atomic mass is 9.92. The summed E-state index contributed by atoms with van der Waals surface area (Å²) in [6, 6.07) is 8.56. The summed E-state index contributed by atoms with van der Waals surface area (Å²) in [5.41, 5.74) is 10.2. The first-order valence-corrected chi connectivity index (χ1v) is 13.6. The molecule has 5 rings (SSSR count). The van der Waals surface area contributed by atoms with Crippen molar-refractivity contribution in [2.45, 2.75) is 52.1 Å². The van der Waals surface area contributed by atoms with Crippen LogP contribution < -0.4 is 26.4 Å². The van der Waals surface area contributed by atoms with Crippen LogP contribution in [0.4, 0.5) is 11.8 Å². The van der Waals surface area contributed by atoms with Gasteiger partial charge >= 0.3 is 0 Å². The Bertz CT molecular complexity index is 1160. The molecular formula is C28H41N7O. The largest absolute Gasteiger partial charge is 0.496 e. The summed E-state index contributed by atoms with van der Waals surface area (Å²) in [6.45, 7) is 8.12. The van der Waals surface area contributed by atoms with Crippen LogP contribution in [-0.2, 0) is 13.1 Å². The van der Waals surface area contributed by atoms with Crippen molar-refractivity contribution in [2.75, 3.05) is 44.3 Å². The molecule has 1 aliphatic heterocycles. The fraction of sp³-hybridized carbons (Fsp3) is 0.571. The molecule has 8 heteroatoms. The number of rotatable bonds is 12. The number of fused-ring (bicyclic) bond motifs is 2. The molecule has 0 radical (unpaired) electrons. The second-order valence-corrected chi connectivity index (χ2v) is 10.4. The van der Waals surface area contributed by atoms with Crippen LogP contribution in [0.15, 0.2) is 30.5 Å². The van der Waals surface area contributed by atoms with Crippen molar-refractivity contribution in [2.24, 2.45) is 17.8 Å². The Labute approximate surface area is 214 Å². The standard InChI is InChI=1S/C28H41N7O/c1-3-4-5-11-32-27-26-24(33-28(29)34-27)10-12-35(26)18-22-7-6-19(13-25(22)36-2)14-30-15-20-8-9-21-16-31-17-23(20)21/h6-7,10,12-13,20-21,23,30-31H,3-5,8-9,11,14-18H2,1-2H3,(H3,29,32,33,34). The van der Waals surface area contributed by atoms with E-state index in [0.717, 1.165) is 72.0 Å². The summed E-state index contributed by atoms with van der Waals surface area (Å²) < 4.78 is 7.99. The minimum atomic E-state index is 0.296. The van der Waals surface area contributed by atoms with Crippen molar-refractivity contribution in [3.8, 4) is 5.75 Å². The number of unbranched alkanes of at least 4 members (excludes halogenated alkanes) is 2. The minimum Gasteiger partial charge on any atom is -0.496 e. The number of nitrogens with zero attached hydrogens (tertiary/aromatic N) is 3. The average Bonchev–Trinajstić information content (AvgIpc) is 3.60. The van der Waals surface area contributed by atoms with Crippen LogP contribution in [0, 0.1) is 17.8 Å². The van der Waals surface area contributed by atoms with Crippen molar-refractivity contribution in [3.63, 3.8) is 0 Å². The molecule has 2 aromatic heterocycles. The molecule has 1 aromatic carbocycles. The molecule has 3 aromatic rings. The average molecular weight is 492 g/mol. The Balaban J connectivity index is 1.26. The van der Waals surface area contributed by atoms with E-state index in [1.54, 1.807) is 7.11 Å². The molecule has 2 fully saturated rings. The summed E-state index contributed by atoms with van der Waals surface area (Å²) >= 11 is 0. The molecular weight excluding hydrogens is 450 g/mol. The van der Waals surface area contributed by atoms with E-state index in [0.29, 0.717) is 12.5 Å². The number of hydrogen-bond donors (Lipinski definition) is 4. The lowest BCUT2D eigenvalue weighted by Crippen LogP contribution is -2.27. The van der Waals surface area contributed by atoms with E-state index in [4.69, 9.17) is 10.5 Å². The maximum Gasteiger partial charge on any atom is 0.222 e. The van der Waals surface area contributed by atoms with Crippen LogP contribution in [0.25, 0.3) is 11.0 Å². The van der Waals surface area contributed by atoms with Gasteiger partial charge in [0.15, 0.2) is 5.82 Å². The quantitative estimate of drug-likeness (QED) is 0.284. The van der Waals surface area contributed by atoms with Crippen molar-refractivity contribution in [1.82, 2.24) is 25.2 Å². The smallest absolute Gasteiger partial charge is 0.222 e. The van der Waals surface area contributed by atoms with Crippen LogP contribution in [-0.4, -0.2) is 47.8 Å². The number of methoxy groups -OCH3 is 1. The minimum absolute atomic E-state index is 0.296. The van der Waals surface area contributed by atoms with Crippen LogP contribution >= 0.6 is 0 Å². The fourth-order valence-corrected chi connectivity index (χ4v) is 6.09. The first kappa shape index (κ1) is 24.8. The molecule has 0 bridgehead atoms. The molecule has 3 heterocycles. The van der Waals surface area contributed by atoms with E-state index < -0.39 is 0 Å². The van der Waals surface area contributed by atoms with E-state index in [9.17, 15) is 0 Å². The van der Waals surface area contributed by atoms with E-state index in [1.807, 2.05) is 6.07 Å². The third-order valence-electron chi connectivity index (χ3n) is 8.03. The Morgan fingerprint density at radius 1 is 1.17 bits per heavy atom. The highest BCUT2D eigenvalue weighted by atomic mass is 16.5. The first-order chi connectivity index (χ1) is 17.7. The van der Waals surface area contributed by atoms with Gasteiger partial charge < -0.3 is 31.0 Å². The van der Waals surface area contributed by atoms with Gasteiger partial charge in [-0.25, -0.2) is 4.98 Å². The summed E-state index contributed by atoms with van der Waals surface area (Å²) in [4.78, 5) is 8.96. The number of anilines is 2. The Morgan fingerprint density at radius 3 is 2.94 bits per heavy atom. The predicted octanol–water partition coefficient (Wildman–Crippen LogP) is 4.01. The number of ether oxygens (including phenoxy) is 1. The molecule has 5 N–H and O–H groups in total. The van der Waals surface area contributed by atoms with Gasteiger partial charge in [0.05, 0.1) is 19.2 Å². The maximum absolute atomic E-state index is 5.98. The molecule has 0 amide bonds. The van der Waals surface area contributed by atoms with Gasteiger partial charge in [-0.3, -0.25) is 0 Å². The van der Waals surface area contributed by atoms with Gasteiger partial charge in [0.2, 0.25) is 5.95 Å². The first-order valence-electron chi connectivity index (χ1n) is 13.6. The normalized spacial score (nSPS) is 21.2. The zero-order valence-electron chi connectivity index (χ0n) is 21.7. The number of hydrogen-bond acceptors (Lipinski definition) is 7. The lowest BCUT2D eigenvalue weighted by molar-refractivity contribution is 0.357. The van der Waals surface area contributed by atoms with Gasteiger partial charge in [-0.15, -0.1) is 0 Å². The molecule has 0 spiro atoms. The number of nitrogen functional groups attached to an aromatic ring is 1. The number of nitrogens with one attached hydrogen (secondary N) is 3. The highest BCUT2D eigenvalue weighted by Crippen LogP contribution is 2.38. The third kappa shape index (κ3) is 5.44. The van der Waals surface area contributed by atoms with Gasteiger partial charge in [0.1, 0.15) is 11.3 Å². The molecule has 1 saturated carbocycles. The number of aromatic nitrogens is 3. The topological polar surface area (TPSA) is 102 Å². The van der Waals surface area contributed by atoms with Gasteiger partial charge in [-0.1, -0.05) is 31.9 Å². The summed E-state index contributed by atoms with van der Waals surface area (Å²) in [5, 5.41) is 10.8. The molecule has 1 saturated heterocycles. The molecule has 2 aliphatic rings. The van der Waals surface area contributed by atoms with Gasteiger partial charge in [-0.2, -0.15) is 4.98 Å². The van der Waals surface area contributed by atoms with E-state index >= 15 is 0 Å². The second-order valence-electron chi connectivity index (χ2n) is 10.4. The summed E-state index contributed by atoms with van der Waals surface area (Å²) in [5.74, 6) is 4.56. The van der Waals surface area contributed by atoms with Crippen molar-refractivity contribution < 1.29 is 4.74 Å². The van der Waals surface area contributed by atoms with Crippen LogP contribution in [0.5, 0.6) is 5.75 Å². The number of nitrogens with two attached hydrogens (primary N) is 1. The summed E-state index contributed by atoms with van der Waals surface area (Å²) in [6.07, 6.45) is 8.28.